The summed E-state index contributed by atoms with van der Waals surface area (Å²) in [5, 5.41) is 0. The fourth-order valence-corrected chi connectivity index (χ4v) is 2.11. The van der Waals surface area contributed by atoms with Crippen LogP contribution in [0.3, 0.4) is 0 Å². The monoisotopic (exact) mass is 283 g/mol. The normalized spacial score (nSPS) is 12.1. The van der Waals surface area contributed by atoms with Gasteiger partial charge in [0.15, 0.2) is 5.78 Å². The first-order valence-corrected chi connectivity index (χ1v) is 7.28. The predicted octanol–water partition coefficient (Wildman–Crippen LogP) is 3.61. The number of Topliss-reactive ketones (excluding diaryl/α,β-unsaturated/α-hetero) is 1. The Hall–Kier alpha value is -2.00. The van der Waals surface area contributed by atoms with Gasteiger partial charge in [0.25, 0.3) is 0 Å². The van der Waals surface area contributed by atoms with Crippen LogP contribution in [0.25, 0.3) is 0 Å². The van der Waals surface area contributed by atoms with Crippen molar-refractivity contribution in [2.24, 2.45) is 0 Å². The van der Waals surface area contributed by atoms with E-state index in [9.17, 15) is 4.79 Å². The molecule has 0 aliphatic carbocycles. The van der Waals surface area contributed by atoms with Crippen LogP contribution in [-0.4, -0.2) is 23.5 Å². The molecule has 3 heteroatoms. The van der Waals surface area contributed by atoms with Gasteiger partial charge in [-0.1, -0.05) is 29.8 Å². The maximum atomic E-state index is 12.2. The largest absolute Gasteiger partial charge is 0.370 e. The summed E-state index contributed by atoms with van der Waals surface area (Å²) in [6.07, 6.45) is 5.02. The lowest BCUT2D eigenvalue weighted by atomic mass is 10.1. The van der Waals surface area contributed by atoms with Crippen LogP contribution in [0, 0.1) is 6.92 Å². The summed E-state index contributed by atoms with van der Waals surface area (Å²) < 4.78 is 5.64. The van der Waals surface area contributed by atoms with E-state index in [1.807, 2.05) is 50.2 Å². The first-order valence-electron chi connectivity index (χ1n) is 7.28. The first kappa shape index (κ1) is 15.4. The Morgan fingerprint density at radius 1 is 1.14 bits per heavy atom. The molecule has 0 saturated carbocycles. The highest BCUT2D eigenvalue weighted by atomic mass is 16.5. The minimum atomic E-state index is -0.398. The summed E-state index contributed by atoms with van der Waals surface area (Å²) >= 11 is 0. The molecule has 110 valence electrons. The Morgan fingerprint density at radius 3 is 2.48 bits per heavy atom. The van der Waals surface area contributed by atoms with Crippen molar-refractivity contribution in [1.29, 1.82) is 0 Å². The van der Waals surface area contributed by atoms with Gasteiger partial charge in [0, 0.05) is 24.6 Å². The van der Waals surface area contributed by atoms with Gasteiger partial charge in [-0.3, -0.25) is 9.78 Å². The molecule has 0 amide bonds. The SMILES string of the molecule is Cc1ccc(C(=O)C(C)OCCCc2ccncc2)cc1. The van der Waals surface area contributed by atoms with E-state index in [1.165, 1.54) is 5.56 Å². The topological polar surface area (TPSA) is 39.2 Å². The number of aryl methyl sites for hydroxylation is 2. The minimum Gasteiger partial charge on any atom is -0.370 e. The molecular formula is C18H21NO2. The molecule has 0 bridgehead atoms. The minimum absolute atomic E-state index is 0.0407. The van der Waals surface area contributed by atoms with Gasteiger partial charge in [0.05, 0.1) is 0 Å². The van der Waals surface area contributed by atoms with Gasteiger partial charge in [-0.15, -0.1) is 0 Å². The van der Waals surface area contributed by atoms with Gasteiger partial charge >= 0.3 is 0 Å². The average Bonchev–Trinajstić information content (AvgIpc) is 2.52. The third kappa shape index (κ3) is 4.80. The molecule has 2 aromatic rings. The van der Waals surface area contributed by atoms with Gasteiger partial charge in [-0.25, -0.2) is 0 Å². The fourth-order valence-electron chi connectivity index (χ4n) is 2.11. The van der Waals surface area contributed by atoms with Crippen molar-refractivity contribution in [2.75, 3.05) is 6.61 Å². The molecule has 0 radical (unpaired) electrons. The summed E-state index contributed by atoms with van der Waals surface area (Å²) in [5.41, 5.74) is 3.10. The highest BCUT2D eigenvalue weighted by Crippen LogP contribution is 2.09. The molecule has 0 aliphatic heterocycles. The average molecular weight is 283 g/mol. The molecule has 2 rings (SSSR count). The van der Waals surface area contributed by atoms with Crippen molar-refractivity contribution >= 4 is 5.78 Å². The Balaban J connectivity index is 1.75. The number of nitrogens with zero attached hydrogens (tertiary/aromatic N) is 1. The Morgan fingerprint density at radius 2 is 1.81 bits per heavy atom. The van der Waals surface area contributed by atoms with Crippen molar-refractivity contribution in [3.8, 4) is 0 Å². The number of hydrogen-bond acceptors (Lipinski definition) is 3. The molecule has 0 fully saturated rings. The molecule has 21 heavy (non-hydrogen) atoms. The maximum absolute atomic E-state index is 12.2. The highest BCUT2D eigenvalue weighted by molar-refractivity contribution is 5.99. The quantitative estimate of drug-likeness (QED) is 0.575. The van der Waals surface area contributed by atoms with Gasteiger partial charge in [-0.2, -0.15) is 0 Å². The van der Waals surface area contributed by atoms with Crippen LogP contribution in [0.5, 0.6) is 0 Å². The van der Waals surface area contributed by atoms with E-state index in [0.29, 0.717) is 12.2 Å². The van der Waals surface area contributed by atoms with Crippen LogP contribution in [-0.2, 0) is 11.2 Å². The predicted molar refractivity (Wildman–Crippen MR) is 83.5 cm³/mol. The summed E-state index contributed by atoms with van der Waals surface area (Å²) in [7, 11) is 0. The van der Waals surface area contributed by atoms with E-state index in [2.05, 4.69) is 4.98 Å². The molecule has 1 aromatic heterocycles. The number of benzene rings is 1. The van der Waals surface area contributed by atoms with E-state index in [1.54, 1.807) is 12.4 Å². The standard InChI is InChI=1S/C18H21NO2/c1-14-5-7-17(8-6-14)18(20)15(2)21-13-3-4-16-9-11-19-12-10-16/h5-12,15H,3-4,13H2,1-2H3. The van der Waals surface area contributed by atoms with E-state index in [4.69, 9.17) is 4.74 Å². The molecule has 3 nitrogen and oxygen atoms in total. The van der Waals surface area contributed by atoms with Crippen molar-refractivity contribution < 1.29 is 9.53 Å². The Bertz CT molecular complexity index is 564. The molecule has 0 aliphatic rings. The number of aromatic nitrogens is 1. The number of rotatable bonds is 7. The Labute approximate surface area is 126 Å². The van der Waals surface area contributed by atoms with Crippen LogP contribution in [0.1, 0.15) is 34.8 Å². The molecular weight excluding hydrogens is 262 g/mol. The lowest BCUT2D eigenvalue weighted by Gasteiger charge is -2.12. The second-order valence-corrected chi connectivity index (χ2v) is 5.20. The molecule has 0 saturated heterocycles. The van der Waals surface area contributed by atoms with Gasteiger partial charge < -0.3 is 4.74 Å². The van der Waals surface area contributed by atoms with E-state index >= 15 is 0 Å². The second-order valence-electron chi connectivity index (χ2n) is 5.20. The zero-order valence-electron chi connectivity index (χ0n) is 12.6. The number of ketones is 1. The van der Waals surface area contributed by atoms with E-state index < -0.39 is 6.10 Å². The van der Waals surface area contributed by atoms with Gasteiger partial charge in [0.2, 0.25) is 0 Å². The van der Waals surface area contributed by atoms with Crippen molar-refractivity contribution in [3.05, 3.63) is 65.5 Å². The number of carbonyl (C=O) groups is 1. The third-order valence-electron chi connectivity index (χ3n) is 3.43. The highest BCUT2D eigenvalue weighted by Gasteiger charge is 2.15. The zero-order chi connectivity index (χ0) is 15.1. The number of ether oxygens (including phenoxy) is 1. The molecule has 1 aromatic carbocycles. The summed E-state index contributed by atoms with van der Waals surface area (Å²) in [6, 6.07) is 11.6. The smallest absolute Gasteiger partial charge is 0.191 e. The lowest BCUT2D eigenvalue weighted by Crippen LogP contribution is -2.21. The molecule has 1 unspecified atom stereocenters. The molecule has 0 N–H and O–H groups in total. The van der Waals surface area contributed by atoms with Crippen LogP contribution >= 0.6 is 0 Å². The number of carbonyl (C=O) groups excluding carboxylic acids is 1. The summed E-state index contributed by atoms with van der Waals surface area (Å²) in [4.78, 5) is 16.2. The summed E-state index contributed by atoms with van der Waals surface area (Å²) in [5.74, 6) is 0.0407. The van der Waals surface area contributed by atoms with E-state index in [-0.39, 0.29) is 5.78 Å². The summed E-state index contributed by atoms with van der Waals surface area (Å²) in [6.45, 7) is 4.41. The maximum Gasteiger partial charge on any atom is 0.191 e. The van der Waals surface area contributed by atoms with Crippen LogP contribution in [0.4, 0.5) is 0 Å². The second kappa shape index (κ2) is 7.70. The van der Waals surface area contributed by atoms with Crippen LogP contribution in [0.15, 0.2) is 48.8 Å². The van der Waals surface area contributed by atoms with Crippen molar-refractivity contribution in [1.82, 2.24) is 4.98 Å². The zero-order valence-corrected chi connectivity index (χ0v) is 12.6. The van der Waals surface area contributed by atoms with Crippen molar-refractivity contribution in [3.63, 3.8) is 0 Å². The van der Waals surface area contributed by atoms with Crippen LogP contribution < -0.4 is 0 Å². The Kier molecular flexibility index (Phi) is 5.64. The lowest BCUT2D eigenvalue weighted by molar-refractivity contribution is 0.0470. The van der Waals surface area contributed by atoms with E-state index in [0.717, 1.165) is 18.4 Å². The van der Waals surface area contributed by atoms with Gasteiger partial charge in [-0.05, 0) is 44.4 Å². The van der Waals surface area contributed by atoms with Crippen molar-refractivity contribution in [2.45, 2.75) is 32.8 Å². The van der Waals surface area contributed by atoms with Crippen LogP contribution in [0.2, 0.25) is 0 Å². The number of hydrogen-bond donors (Lipinski definition) is 0. The molecule has 1 atom stereocenters. The van der Waals surface area contributed by atoms with Gasteiger partial charge in [0.1, 0.15) is 6.10 Å². The molecule has 0 spiro atoms. The number of pyridine rings is 1. The molecule has 1 heterocycles. The third-order valence-corrected chi connectivity index (χ3v) is 3.43. The first-order chi connectivity index (χ1) is 10.2. The fraction of sp³-hybridized carbons (Fsp3) is 0.333.